The normalized spacial score (nSPS) is 25.7. The molecule has 0 bridgehead atoms. The van der Waals surface area contributed by atoms with Gasteiger partial charge in [0.25, 0.3) is 5.91 Å². The Labute approximate surface area is 181 Å². The molecule has 2 amide bonds. The Kier molecular flexibility index (Phi) is 6.68. The quantitative estimate of drug-likeness (QED) is 0.627. The molecule has 1 heterocycles. The molecule has 0 spiro atoms. The fourth-order valence-electron chi connectivity index (χ4n) is 4.51. The third kappa shape index (κ3) is 4.22. The van der Waals surface area contributed by atoms with Crippen LogP contribution in [-0.4, -0.2) is 62.3 Å². The number of likely N-dealkylation sites (tertiary alicyclic amines) is 1. The number of rotatable bonds is 6. The monoisotopic (exact) mass is 434 g/mol. The Morgan fingerprint density at radius 2 is 1.68 bits per heavy atom. The van der Waals surface area contributed by atoms with Crippen molar-refractivity contribution in [1.82, 2.24) is 10.2 Å². The maximum absolute atomic E-state index is 13.3. The molecule has 1 aromatic rings. The van der Waals surface area contributed by atoms with Crippen molar-refractivity contribution in [1.29, 1.82) is 0 Å². The van der Waals surface area contributed by atoms with Crippen LogP contribution in [-0.2, 0) is 14.3 Å². The van der Waals surface area contributed by atoms with E-state index < -0.39 is 53.1 Å². The first-order valence-electron chi connectivity index (χ1n) is 10.2. The van der Waals surface area contributed by atoms with E-state index in [9.17, 15) is 29.4 Å². The first-order chi connectivity index (χ1) is 14.4. The molecular weight excluding hydrogens is 404 g/mol. The molecule has 2 rings (SSSR count). The predicted octanol–water partition coefficient (Wildman–Crippen LogP) is 2.75. The molecule has 1 aliphatic heterocycles. The lowest BCUT2D eigenvalue weighted by atomic mass is 9.72. The third-order valence-electron chi connectivity index (χ3n) is 5.75. The van der Waals surface area contributed by atoms with Crippen LogP contribution in [0.15, 0.2) is 30.3 Å². The highest BCUT2D eigenvalue weighted by molar-refractivity contribution is 6.01. The second-order valence-electron chi connectivity index (χ2n) is 8.70. The van der Waals surface area contributed by atoms with Crippen molar-refractivity contribution in [2.75, 3.05) is 6.54 Å². The summed E-state index contributed by atoms with van der Waals surface area (Å²) in [5, 5.41) is 22.8. The lowest BCUT2D eigenvalue weighted by molar-refractivity contribution is -0.153. The Morgan fingerprint density at radius 1 is 1.10 bits per heavy atom. The molecule has 0 radical (unpaired) electrons. The number of carboxylic acids is 2. The van der Waals surface area contributed by atoms with Gasteiger partial charge >= 0.3 is 18.0 Å². The number of ether oxygens (including phenoxy) is 1. The van der Waals surface area contributed by atoms with Gasteiger partial charge in [-0.25, -0.2) is 14.4 Å². The number of carbonyl (C=O) groups excluding carboxylic acids is 2. The van der Waals surface area contributed by atoms with Gasteiger partial charge in [0.2, 0.25) is 0 Å². The number of amides is 2. The van der Waals surface area contributed by atoms with Gasteiger partial charge in [-0.1, -0.05) is 32.0 Å². The molecule has 1 aromatic carbocycles. The number of carbonyl (C=O) groups is 4. The van der Waals surface area contributed by atoms with Crippen LogP contribution in [0.4, 0.5) is 4.79 Å². The molecule has 1 aliphatic rings. The second kappa shape index (κ2) is 8.56. The van der Waals surface area contributed by atoms with Crippen molar-refractivity contribution in [3.63, 3.8) is 0 Å². The summed E-state index contributed by atoms with van der Waals surface area (Å²) in [6.45, 7) is 7.62. The zero-order valence-electron chi connectivity index (χ0n) is 18.5. The smallest absolute Gasteiger partial charge is 0.408 e. The minimum atomic E-state index is -2.03. The summed E-state index contributed by atoms with van der Waals surface area (Å²) >= 11 is 0. The number of hydrogen-bond acceptors (Lipinski definition) is 5. The van der Waals surface area contributed by atoms with E-state index in [0.29, 0.717) is 0 Å². The summed E-state index contributed by atoms with van der Waals surface area (Å²) in [5.74, 6) is -4.45. The molecule has 1 fully saturated rings. The minimum absolute atomic E-state index is 0.0373. The van der Waals surface area contributed by atoms with Crippen molar-refractivity contribution in [3.8, 4) is 0 Å². The number of hydrogen-bond donors (Lipinski definition) is 3. The van der Waals surface area contributed by atoms with Crippen LogP contribution in [0.2, 0.25) is 0 Å². The van der Waals surface area contributed by atoms with Crippen molar-refractivity contribution in [2.24, 2.45) is 5.92 Å². The molecule has 9 heteroatoms. The number of carboxylic acid groups (broad SMARTS) is 2. The zero-order chi connectivity index (χ0) is 23.6. The van der Waals surface area contributed by atoms with E-state index in [4.69, 9.17) is 4.74 Å². The lowest BCUT2D eigenvalue weighted by Crippen LogP contribution is -2.63. The lowest BCUT2D eigenvalue weighted by Gasteiger charge is -2.39. The van der Waals surface area contributed by atoms with Crippen LogP contribution in [0, 0.1) is 5.92 Å². The molecule has 1 unspecified atom stereocenters. The van der Waals surface area contributed by atoms with Gasteiger partial charge < -0.3 is 25.2 Å². The Hall–Kier alpha value is -3.10. The Balaban J connectivity index is 2.64. The first-order valence-corrected chi connectivity index (χ1v) is 10.2. The highest BCUT2D eigenvalue weighted by atomic mass is 16.6. The molecule has 0 aromatic heterocycles. The number of nitrogens with zero attached hydrogens (tertiary/aromatic N) is 1. The largest absolute Gasteiger partial charge is 0.479 e. The van der Waals surface area contributed by atoms with E-state index in [1.54, 1.807) is 52.8 Å². The minimum Gasteiger partial charge on any atom is -0.479 e. The van der Waals surface area contributed by atoms with Gasteiger partial charge in [0.15, 0.2) is 5.54 Å². The van der Waals surface area contributed by atoms with Gasteiger partial charge in [-0.3, -0.25) is 4.79 Å². The van der Waals surface area contributed by atoms with Gasteiger partial charge in [-0.2, -0.15) is 0 Å². The molecular formula is C22H30N2O7. The summed E-state index contributed by atoms with van der Waals surface area (Å²) in [6.07, 6.45) is -0.927. The molecule has 170 valence electrons. The van der Waals surface area contributed by atoms with Crippen molar-refractivity contribution in [3.05, 3.63) is 35.9 Å². The van der Waals surface area contributed by atoms with Gasteiger partial charge in [0.05, 0.1) is 6.54 Å². The third-order valence-corrected chi connectivity index (χ3v) is 5.75. The van der Waals surface area contributed by atoms with Gasteiger partial charge in [-0.05, 0) is 45.7 Å². The van der Waals surface area contributed by atoms with Crippen molar-refractivity contribution >= 4 is 23.9 Å². The molecule has 3 atom stereocenters. The van der Waals surface area contributed by atoms with E-state index in [0.717, 1.165) is 4.90 Å². The van der Waals surface area contributed by atoms with Crippen LogP contribution in [0.1, 0.15) is 57.8 Å². The predicted molar refractivity (Wildman–Crippen MR) is 112 cm³/mol. The number of benzene rings is 1. The van der Waals surface area contributed by atoms with Crippen LogP contribution in [0.3, 0.4) is 0 Å². The van der Waals surface area contributed by atoms with E-state index in [1.165, 1.54) is 12.1 Å². The van der Waals surface area contributed by atoms with Gasteiger partial charge in [0.1, 0.15) is 11.1 Å². The average Bonchev–Trinajstić information content (AvgIpc) is 2.97. The maximum Gasteiger partial charge on any atom is 0.408 e. The standard InChI is InChI=1S/C22H30N2O7/c1-6-15-21(17(26)27,23-19(30)31-20(3,4)5)13-24(22(15,7-2)18(28)29)16(25)14-11-9-8-10-12-14/h8-12,15H,6-7,13H2,1-5H3,(H,23,30)(H,26,27)(H,28,29)/t15?,21-,22+/m0/s1. The number of alkyl carbamates (subject to hydrolysis) is 1. The fraction of sp³-hybridized carbons (Fsp3) is 0.545. The molecule has 0 saturated carbocycles. The van der Waals surface area contributed by atoms with Crippen molar-refractivity contribution in [2.45, 2.75) is 64.1 Å². The summed E-state index contributed by atoms with van der Waals surface area (Å²) in [4.78, 5) is 52.1. The molecule has 1 saturated heterocycles. The Bertz CT molecular complexity index is 864. The highest BCUT2D eigenvalue weighted by Crippen LogP contribution is 2.47. The van der Waals surface area contributed by atoms with Crippen LogP contribution in [0.25, 0.3) is 0 Å². The topological polar surface area (TPSA) is 133 Å². The number of aliphatic carboxylic acids is 2. The second-order valence-corrected chi connectivity index (χ2v) is 8.70. The van der Waals surface area contributed by atoms with E-state index in [1.807, 2.05) is 0 Å². The molecule has 31 heavy (non-hydrogen) atoms. The summed E-state index contributed by atoms with van der Waals surface area (Å²) in [5.41, 5.74) is -4.52. The molecule has 9 nitrogen and oxygen atoms in total. The SMILES string of the molecule is CCC1[C@](CC)(C(=O)O)N(C(=O)c2ccccc2)C[C@@]1(NC(=O)OC(C)(C)C)C(=O)O. The van der Waals surface area contributed by atoms with Gasteiger partial charge in [0, 0.05) is 11.5 Å². The molecule has 3 N–H and O–H groups in total. The fourth-order valence-corrected chi connectivity index (χ4v) is 4.51. The maximum atomic E-state index is 13.3. The van der Waals surface area contributed by atoms with Crippen LogP contribution < -0.4 is 5.32 Å². The summed E-state index contributed by atoms with van der Waals surface area (Å²) < 4.78 is 5.25. The highest BCUT2D eigenvalue weighted by Gasteiger charge is 2.69. The van der Waals surface area contributed by atoms with Crippen LogP contribution in [0.5, 0.6) is 0 Å². The average molecular weight is 434 g/mol. The first kappa shape index (κ1) is 24.2. The zero-order valence-corrected chi connectivity index (χ0v) is 18.5. The Morgan fingerprint density at radius 3 is 2.10 bits per heavy atom. The van der Waals surface area contributed by atoms with E-state index >= 15 is 0 Å². The van der Waals surface area contributed by atoms with Crippen molar-refractivity contribution < 1.29 is 34.1 Å². The summed E-state index contributed by atoms with van der Waals surface area (Å²) in [6, 6.07) is 8.06. The molecule has 0 aliphatic carbocycles. The number of nitrogens with one attached hydrogen (secondary N) is 1. The van der Waals surface area contributed by atoms with E-state index in [-0.39, 0.29) is 18.4 Å². The summed E-state index contributed by atoms with van der Waals surface area (Å²) in [7, 11) is 0. The van der Waals surface area contributed by atoms with Gasteiger partial charge in [-0.15, -0.1) is 0 Å². The van der Waals surface area contributed by atoms with E-state index in [2.05, 4.69) is 5.32 Å². The van der Waals surface area contributed by atoms with Crippen LogP contribution >= 0.6 is 0 Å².